The number of rotatable bonds is 4. The Balaban J connectivity index is 2.13. The number of nitriles is 1. The average Bonchev–Trinajstić information content (AvgIpc) is 2.45. The van der Waals surface area contributed by atoms with Gasteiger partial charge in [0, 0.05) is 18.3 Å². The molecule has 0 spiro atoms. The number of ether oxygens (including phenoxy) is 1. The summed E-state index contributed by atoms with van der Waals surface area (Å²) in [4.78, 5) is 4.21. The lowest BCUT2D eigenvalue weighted by Gasteiger charge is -2.24. The zero-order valence-electron chi connectivity index (χ0n) is 13.5. The van der Waals surface area contributed by atoms with Gasteiger partial charge in [0.25, 0.3) is 0 Å². The van der Waals surface area contributed by atoms with Crippen LogP contribution in [0, 0.1) is 18.3 Å². The summed E-state index contributed by atoms with van der Waals surface area (Å²) in [5.74, 6) is 1.62. The molecule has 1 aromatic heterocycles. The zero-order chi connectivity index (χ0) is 16.2. The van der Waals surface area contributed by atoms with Crippen LogP contribution in [-0.2, 0) is 6.54 Å². The van der Waals surface area contributed by atoms with Gasteiger partial charge in [0.2, 0.25) is 0 Å². The van der Waals surface area contributed by atoms with Crippen molar-refractivity contribution in [3.05, 3.63) is 53.2 Å². The van der Waals surface area contributed by atoms with Gasteiger partial charge in [0.15, 0.2) is 0 Å². The summed E-state index contributed by atoms with van der Waals surface area (Å²) in [6.45, 7) is 8.78. The Morgan fingerprint density at radius 2 is 2.00 bits per heavy atom. The fraction of sp³-hybridized carbons (Fsp3) is 0.333. The second-order valence-corrected chi connectivity index (χ2v) is 6.22. The lowest BCUT2D eigenvalue weighted by molar-refractivity contribution is 0.129. The molecule has 1 N–H and O–H groups in total. The first-order chi connectivity index (χ1) is 10.4. The highest BCUT2D eigenvalue weighted by atomic mass is 16.5. The first kappa shape index (κ1) is 15.8. The van der Waals surface area contributed by atoms with E-state index in [0.29, 0.717) is 12.1 Å². The molecule has 0 aliphatic heterocycles. The summed E-state index contributed by atoms with van der Waals surface area (Å²) in [7, 11) is 0. The molecule has 0 aliphatic rings. The van der Waals surface area contributed by atoms with Crippen LogP contribution < -0.4 is 10.1 Å². The standard InChI is InChI=1S/C18H21N3O/c1-13-5-7-15(16(9-13)22-18(2,3)4)12-21-17-8-6-14(10-19)11-20-17/h5-9,11H,12H2,1-4H3,(H,20,21). The van der Waals surface area contributed by atoms with Crippen molar-refractivity contribution in [3.8, 4) is 11.8 Å². The van der Waals surface area contributed by atoms with E-state index in [2.05, 4.69) is 41.5 Å². The minimum absolute atomic E-state index is 0.241. The highest BCUT2D eigenvalue weighted by Gasteiger charge is 2.14. The molecule has 114 valence electrons. The third-order valence-electron chi connectivity index (χ3n) is 2.99. The fourth-order valence-electron chi connectivity index (χ4n) is 1.98. The maximum Gasteiger partial charge on any atom is 0.126 e. The molecule has 1 heterocycles. The molecule has 2 rings (SSSR count). The number of aryl methyl sites for hydroxylation is 1. The number of benzene rings is 1. The minimum Gasteiger partial charge on any atom is -0.488 e. The van der Waals surface area contributed by atoms with Crippen LogP contribution in [0.4, 0.5) is 5.82 Å². The Morgan fingerprint density at radius 3 is 2.59 bits per heavy atom. The van der Waals surface area contributed by atoms with Gasteiger partial charge in [-0.15, -0.1) is 0 Å². The zero-order valence-corrected chi connectivity index (χ0v) is 13.5. The summed E-state index contributed by atoms with van der Waals surface area (Å²) in [5, 5.41) is 12.0. The summed E-state index contributed by atoms with van der Waals surface area (Å²) in [5.41, 5.74) is 2.55. The van der Waals surface area contributed by atoms with Gasteiger partial charge in [-0.05, 0) is 51.5 Å². The first-order valence-electron chi connectivity index (χ1n) is 7.26. The van der Waals surface area contributed by atoms with Crippen LogP contribution in [0.5, 0.6) is 5.75 Å². The van der Waals surface area contributed by atoms with Crippen molar-refractivity contribution in [2.24, 2.45) is 0 Å². The number of pyridine rings is 1. The van der Waals surface area contributed by atoms with Gasteiger partial charge in [-0.1, -0.05) is 12.1 Å². The number of aromatic nitrogens is 1. The smallest absolute Gasteiger partial charge is 0.126 e. The normalized spacial score (nSPS) is 10.9. The van der Waals surface area contributed by atoms with E-state index in [1.54, 1.807) is 18.3 Å². The maximum absolute atomic E-state index is 8.78. The second kappa shape index (κ2) is 6.48. The maximum atomic E-state index is 8.78. The predicted octanol–water partition coefficient (Wildman–Crippen LogP) is 4.05. The molecule has 0 aliphatic carbocycles. The molecule has 0 bridgehead atoms. The quantitative estimate of drug-likeness (QED) is 0.924. The monoisotopic (exact) mass is 295 g/mol. The van der Waals surface area contributed by atoms with Crippen molar-refractivity contribution in [2.75, 3.05) is 5.32 Å². The van der Waals surface area contributed by atoms with E-state index in [1.807, 2.05) is 20.8 Å². The van der Waals surface area contributed by atoms with E-state index in [-0.39, 0.29) is 5.60 Å². The Hall–Kier alpha value is -2.54. The Bertz CT molecular complexity index is 679. The van der Waals surface area contributed by atoms with E-state index in [0.717, 1.165) is 17.1 Å². The van der Waals surface area contributed by atoms with Crippen LogP contribution in [0.2, 0.25) is 0 Å². The molecule has 0 saturated carbocycles. The van der Waals surface area contributed by atoms with Crippen molar-refractivity contribution in [1.29, 1.82) is 5.26 Å². The van der Waals surface area contributed by atoms with Gasteiger partial charge < -0.3 is 10.1 Å². The van der Waals surface area contributed by atoms with E-state index < -0.39 is 0 Å². The molecule has 0 fully saturated rings. The average molecular weight is 295 g/mol. The Kier molecular flexibility index (Phi) is 4.67. The molecule has 2 aromatic rings. The van der Waals surface area contributed by atoms with Gasteiger partial charge in [0.05, 0.1) is 5.56 Å². The lowest BCUT2D eigenvalue weighted by atomic mass is 10.1. The van der Waals surface area contributed by atoms with Crippen molar-refractivity contribution in [1.82, 2.24) is 4.98 Å². The van der Waals surface area contributed by atoms with Crippen molar-refractivity contribution in [2.45, 2.75) is 39.8 Å². The number of anilines is 1. The van der Waals surface area contributed by atoms with Crippen LogP contribution in [-0.4, -0.2) is 10.6 Å². The number of hydrogen-bond donors (Lipinski definition) is 1. The second-order valence-electron chi connectivity index (χ2n) is 6.22. The number of hydrogen-bond acceptors (Lipinski definition) is 4. The van der Waals surface area contributed by atoms with E-state index in [9.17, 15) is 0 Å². The molecule has 0 amide bonds. The molecule has 4 nitrogen and oxygen atoms in total. The van der Waals surface area contributed by atoms with Gasteiger partial charge in [-0.3, -0.25) is 0 Å². The molecule has 1 aromatic carbocycles. The Morgan fingerprint density at radius 1 is 1.23 bits per heavy atom. The fourth-order valence-corrected chi connectivity index (χ4v) is 1.98. The van der Waals surface area contributed by atoms with E-state index in [4.69, 9.17) is 10.00 Å². The van der Waals surface area contributed by atoms with Gasteiger partial charge in [-0.2, -0.15) is 5.26 Å². The number of nitrogens with zero attached hydrogens (tertiary/aromatic N) is 2. The van der Waals surface area contributed by atoms with Crippen molar-refractivity contribution < 1.29 is 4.74 Å². The van der Waals surface area contributed by atoms with Crippen LogP contribution in [0.15, 0.2) is 36.5 Å². The van der Waals surface area contributed by atoms with Gasteiger partial charge in [-0.25, -0.2) is 4.98 Å². The highest BCUT2D eigenvalue weighted by molar-refractivity contribution is 5.43. The third-order valence-corrected chi connectivity index (χ3v) is 2.99. The molecular formula is C18H21N3O. The topological polar surface area (TPSA) is 57.9 Å². The van der Waals surface area contributed by atoms with Gasteiger partial charge >= 0.3 is 0 Å². The largest absolute Gasteiger partial charge is 0.488 e. The minimum atomic E-state index is -0.241. The van der Waals surface area contributed by atoms with Crippen LogP contribution in [0.1, 0.15) is 37.5 Å². The first-order valence-corrected chi connectivity index (χ1v) is 7.26. The molecule has 0 radical (unpaired) electrons. The van der Waals surface area contributed by atoms with Crippen LogP contribution in [0.3, 0.4) is 0 Å². The van der Waals surface area contributed by atoms with Crippen molar-refractivity contribution >= 4 is 5.82 Å². The Labute approximate surface area is 131 Å². The highest BCUT2D eigenvalue weighted by Crippen LogP contribution is 2.25. The summed E-state index contributed by atoms with van der Waals surface area (Å²) in [6.07, 6.45) is 1.56. The molecule has 0 atom stereocenters. The van der Waals surface area contributed by atoms with Crippen LogP contribution >= 0.6 is 0 Å². The van der Waals surface area contributed by atoms with Gasteiger partial charge in [0.1, 0.15) is 23.2 Å². The molecular weight excluding hydrogens is 274 g/mol. The molecule has 22 heavy (non-hydrogen) atoms. The summed E-state index contributed by atoms with van der Waals surface area (Å²) >= 11 is 0. The third kappa shape index (κ3) is 4.49. The summed E-state index contributed by atoms with van der Waals surface area (Å²) < 4.78 is 6.04. The molecule has 4 heteroatoms. The predicted molar refractivity (Wildman–Crippen MR) is 87.8 cm³/mol. The molecule has 0 saturated heterocycles. The number of nitrogens with one attached hydrogen (secondary N) is 1. The SMILES string of the molecule is Cc1ccc(CNc2ccc(C#N)cn2)c(OC(C)(C)C)c1. The summed E-state index contributed by atoms with van der Waals surface area (Å²) in [6, 6.07) is 11.8. The van der Waals surface area contributed by atoms with E-state index in [1.165, 1.54) is 5.56 Å². The van der Waals surface area contributed by atoms with Crippen LogP contribution in [0.25, 0.3) is 0 Å². The van der Waals surface area contributed by atoms with Crippen molar-refractivity contribution in [3.63, 3.8) is 0 Å². The molecule has 0 unspecified atom stereocenters. The lowest BCUT2D eigenvalue weighted by Crippen LogP contribution is -2.24. The van der Waals surface area contributed by atoms with E-state index >= 15 is 0 Å².